The van der Waals surface area contributed by atoms with Gasteiger partial charge in [-0.05, 0) is 17.7 Å². The molecule has 0 spiro atoms. The lowest BCUT2D eigenvalue weighted by Crippen LogP contribution is -2.60. The van der Waals surface area contributed by atoms with E-state index < -0.39 is 79.7 Å². The minimum atomic E-state index is -1.95. The van der Waals surface area contributed by atoms with Crippen LogP contribution in [0.1, 0.15) is 0 Å². The second kappa shape index (κ2) is 11.6. The first-order valence-corrected chi connectivity index (χ1v) is 12.7. The zero-order valence-electron chi connectivity index (χ0n) is 22.1. The first-order valence-electron chi connectivity index (χ1n) is 12.7. The van der Waals surface area contributed by atoms with Crippen LogP contribution >= 0.6 is 0 Å². The van der Waals surface area contributed by atoms with Crippen LogP contribution in [0.3, 0.4) is 0 Å². The summed E-state index contributed by atoms with van der Waals surface area (Å²) >= 11 is 0. The largest absolute Gasteiger partial charge is 0.508 e. The summed E-state index contributed by atoms with van der Waals surface area (Å²) in [6.07, 6.45) is -10.2. The number of phenolic OH excluding ortho intramolecular Hbond substituents is 2. The van der Waals surface area contributed by atoms with Crippen LogP contribution in [-0.4, -0.2) is 116 Å². The van der Waals surface area contributed by atoms with E-state index in [1.165, 1.54) is 37.4 Å². The first kappa shape index (κ1) is 30.0. The first-order chi connectivity index (χ1) is 20.0. The maximum absolute atomic E-state index is 13.3. The Kier molecular flexibility index (Phi) is 8.30. The third-order valence-corrected chi connectivity index (χ3v) is 7.26. The van der Waals surface area contributed by atoms with E-state index in [4.69, 9.17) is 28.1 Å². The van der Waals surface area contributed by atoms with Crippen LogP contribution in [0.5, 0.6) is 23.0 Å². The number of aromatic hydroxyl groups is 2. The highest BCUT2D eigenvalue weighted by Gasteiger charge is 2.50. The molecule has 0 saturated carbocycles. The van der Waals surface area contributed by atoms with E-state index >= 15 is 0 Å². The molecule has 2 aromatic carbocycles. The molecule has 15 nitrogen and oxygen atoms in total. The number of rotatable bonds is 8. The molecule has 0 aliphatic carbocycles. The van der Waals surface area contributed by atoms with Gasteiger partial charge in [0.15, 0.2) is 17.8 Å². The van der Waals surface area contributed by atoms with E-state index in [-0.39, 0.29) is 33.8 Å². The Labute approximate surface area is 236 Å². The van der Waals surface area contributed by atoms with Crippen LogP contribution in [0.15, 0.2) is 45.8 Å². The van der Waals surface area contributed by atoms with Gasteiger partial charge < -0.3 is 69.0 Å². The zero-order chi connectivity index (χ0) is 30.3. The lowest BCUT2D eigenvalue weighted by Gasteiger charge is -2.40. The maximum Gasteiger partial charge on any atom is 0.229 e. The molecule has 0 unspecified atom stereocenters. The molecule has 2 fully saturated rings. The molecule has 1 aromatic heterocycles. The monoisotopic (exact) mass is 594 g/mol. The summed E-state index contributed by atoms with van der Waals surface area (Å²) in [6, 6.07) is 6.95. The Balaban J connectivity index is 1.40. The summed E-state index contributed by atoms with van der Waals surface area (Å²) in [4.78, 5) is 13.3. The van der Waals surface area contributed by atoms with Crippen molar-refractivity contribution in [3.8, 4) is 34.1 Å². The highest BCUT2D eigenvalue weighted by Crippen LogP contribution is 2.43. The van der Waals surface area contributed by atoms with Gasteiger partial charge in [0.05, 0.1) is 32.5 Å². The van der Waals surface area contributed by atoms with Crippen LogP contribution in [0, 0.1) is 0 Å². The van der Waals surface area contributed by atoms with Crippen molar-refractivity contribution in [3.63, 3.8) is 0 Å². The number of aliphatic hydroxyl groups is 6. The number of methoxy groups -OCH3 is 1. The van der Waals surface area contributed by atoms with Crippen molar-refractivity contribution in [3.05, 3.63) is 46.8 Å². The Morgan fingerprint density at radius 1 is 1.02 bits per heavy atom. The van der Waals surface area contributed by atoms with Crippen LogP contribution < -0.4 is 14.9 Å². The van der Waals surface area contributed by atoms with Crippen molar-refractivity contribution in [2.45, 2.75) is 48.7 Å². The van der Waals surface area contributed by atoms with E-state index in [2.05, 4.69) is 0 Å². The van der Waals surface area contributed by atoms with Gasteiger partial charge in [0.1, 0.15) is 59.1 Å². The van der Waals surface area contributed by atoms with Crippen molar-refractivity contribution in [1.82, 2.24) is 0 Å². The fourth-order valence-corrected chi connectivity index (χ4v) is 4.75. The molecule has 0 bridgehead atoms. The topological polar surface area (TPSA) is 238 Å². The predicted molar refractivity (Wildman–Crippen MR) is 139 cm³/mol. The van der Waals surface area contributed by atoms with Crippen LogP contribution in [0.2, 0.25) is 0 Å². The maximum atomic E-state index is 13.3. The molecule has 15 heteroatoms. The SMILES string of the molecule is COc1c(O[C@@H]2O[C@H](CO[C@@H]3OC[C@](O)(CO)[C@H]3O)[C@@H](O)[C@H](O)[C@H]2O)cc2occ(-c3ccc(O)cc3)c(=O)c2c1O. The zero-order valence-corrected chi connectivity index (χ0v) is 22.1. The quantitative estimate of drug-likeness (QED) is 0.148. The van der Waals surface area contributed by atoms with Crippen molar-refractivity contribution < 1.29 is 69.0 Å². The van der Waals surface area contributed by atoms with Crippen molar-refractivity contribution >= 4 is 11.0 Å². The number of benzene rings is 2. The van der Waals surface area contributed by atoms with E-state index in [1.54, 1.807) is 0 Å². The molecule has 3 heterocycles. The number of phenols is 2. The third-order valence-electron chi connectivity index (χ3n) is 7.26. The molecule has 2 saturated heterocycles. The molecule has 5 rings (SSSR count). The second-order valence-electron chi connectivity index (χ2n) is 10.0. The highest BCUT2D eigenvalue weighted by atomic mass is 16.7. The smallest absolute Gasteiger partial charge is 0.229 e. The molecular weight excluding hydrogens is 564 g/mol. The van der Waals surface area contributed by atoms with Gasteiger partial charge in [-0.15, -0.1) is 0 Å². The second-order valence-corrected chi connectivity index (χ2v) is 10.0. The number of hydrogen-bond acceptors (Lipinski definition) is 15. The summed E-state index contributed by atoms with van der Waals surface area (Å²) in [5.74, 6) is -1.23. The van der Waals surface area contributed by atoms with Gasteiger partial charge in [-0.3, -0.25) is 4.79 Å². The Hall–Kier alpha value is -3.51. The number of fused-ring (bicyclic) bond motifs is 1. The summed E-state index contributed by atoms with van der Waals surface area (Å²) in [6.45, 7) is -1.73. The van der Waals surface area contributed by atoms with Gasteiger partial charge in [0, 0.05) is 6.07 Å². The van der Waals surface area contributed by atoms with Crippen LogP contribution in [0.25, 0.3) is 22.1 Å². The van der Waals surface area contributed by atoms with Crippen molar-refractivity contribution in [2.75, 3.05) is 26.9 Å². The summed E-state index contributed by atoms with van der Waals surface area (Å²) in [7, 11) is 1.19. The fourth-order valence-electron chi connectivity index (χ4n) is 4.75. The van der Waals surface area contributed by atoms with Gasteiger partial charge in [-0.1, -0.05) is 12.1 Å². The molecule has 8 N–H and O–H groups in total. The Bertz CT molecular complexity index is 1470. The Morgan fingerprint density at radius 3 is 2.38 bits per heavy atom. The average molecular weight is 595 g/mol. The minimum Gasteiger partial charge on any atom is -0.508 e. The van der Waals surface area contributed by atoms with Crippen LogP contribution in [0.4, 0.5) is 0 Å². The number of aliphatic hydroxyl groups excluding tert-OH is 5. The average Bonchev–Trinajstić information content (AvgIpc) is 3.27. The van der Waals surface area contributed by atoms with E-state index in [0.29, 0.717) is 5.56 Å². The van der Waals surface area contributed by atoms with Gasteiger partial charge in [0.25, 0.3) is 0 Å². The summed E-state index contributed by atoms with van der Waals surface area (Å²) in [5, 5.41) is 81.3. The van der Waals surface area contributed by atoms with Crippen molar-refractivity contribution in [2.24, 2.45) is 0 Å². The molecule has 0 amide bonds. The lowest BCUT2D eigenvalue weighted by molar-refractivity contribution is -0.289. The van der Waals surface area contributed by atoms with E-state index in [9.17, 15) is 45.6 Å². The molecule has 42 heavy (non-hydrogen) atoms. The van der Waals surface area contributed by atoms with Gasteiger partial charge in [-0.25, -0.2) is 0 Å². The lowest BCUT2D eigenvalue weighted by atomic mass is 9.99. The fraction of sp³-hybridized carbons (Fsp3) is 0.444. The Morgan fingerprint density at radius 2 is 1.74 bits per heavy atom. The van der Waals surface area contributed by atoms with Gasteiger partial charge in [-0.2, -0.15) is 0 Å². The standard InChI is InChI=1S/C27H30O15/c1-37-23-15(6-14-17(20(23)32)18(30)13(7-38-14)11-2-4-12(29)5-3-11)41-25-22(34)21(33)19(31)16(42-25)8-39-26-24(35)27(36,9-28)10-40-26/h2-7,16,19,21-22,24-26,28-29,31-36H,8-10H2,1H3/t16-,19-,21+,22-,24+,25-,26-,27-/m1/s1. The highest BCUT2D eigenvalue weighted by molar-refractivity contribution is 5.91. The molecule has 2 aliphatic rings. The number of ether oxygens (including phenoxy) is 5. The number of hydrogen-bond donors (Lipinski definition) is 8. The molecule has 0 radical (unpaired) electrons. The molecule has 2 aliphatic heterocycles. The minimum absolute atomic E-state index is 0.00728. The van der Waals surface area contributed by atoms with Gasteiger partial charge in [0.2, 0.25) is 17.5 Å². The molecule has 3 aromatic rings. The molecular formula is C27H30O15. The van der Waals surface area contributed by atoms with Crippen LogP contribution in [-0.2, 0) is 14.2 Å². The third kappa shape index (κ3) is 5.26. The van der Waals surface area contributed by atoms with E-state index in [1.807, 2.05) is 0 Å². The van der Waals surface area contributed by atoms with E-state index in [0.717, 1.165) is 6.26 Å². The molecule has 8 atom stereocenters. The van der Waals surface area contributed by atoms with Crippen molar-refractivity contribution in [1.29, 1.82) is 0 Å². The predicted octanol–water partition coefficient (Wildman–Crippen LogP) is -1.48. The molecule has 228 valence electrons. The normalized spacial score (nSPS) is 31.4. The summed E-state index contributed by atoms with van der Waals surface area (Å²) < 4.78 is 32.7. The summed E-state index contributed by atoms with van der Waals surface area (Å²) in [5.41, 5.74) is -2.18. The van der Waals surface area contributed by atoms with Gasteiger partial charge >= 0.3 is 0 Å².